The highest BCUT2D eigenvalue weighted by molar-refractivity contribution is 5.83. The summed E-state index contributed by atoms with van der Waals surface area (Å²) in [6, 6.07) is 5.31. The Kier molecular flexibility index (Phi) is 2.56. The molecule has 1 unspecified atom stereocenters. The molecular weight excluding hydrogens is 232 g/mol. The third kappa shape index (κ3) is 1.59. The lowest BCUT2D eigenvalue weighted by Gasteiger charge is -2.22. The second-order valence-electron chi connectivity index (χ2n) is 4.49. The minimum absolute atomic E-state index is 0.104. The van der Waals surface area contributed by atoms with Gasteiger partial charge in [-0.2, -0.15) is 0 Å². The summed E-state index contributed by atoms with van der Waals surface area (Å²) in [6.07, 6.45) is 0.803. The zero-order valence-corrected chi connectivity index (χ0v) is 10.1. The molecule has 0 radical (unpaired) electrons. The molecule has 1 N–H and O–H groups in total. The maximum absolute atomic E-state index is 12.3. The van der Waals surface area contributed by atoms with Gasteiger partial charge in [0.2, 0.25) is 0 Å². The van der Waals surface area contributed by atoms with Crippen molar-refractivity contribution in [3.63, 3.8) is 0 Å². The molecule has 5 heteroatoms. The summed E-state index contributed by atoms with van der Waals surface area (Å²) in [6.45, 7) is 0.328. The van der Waals surface area contributed by atoms with E-state index in [2.05, 4.69) is 4.98 Å². The van der Waals surface area contributed by atoms with E-state index >= 15 is 0 Å². The van der Waals surface area contributed by atoms with Crippen molar-refractivity contribution in [3.8, 4) is 5.75 Å². The van der Waals surface area contributed by atoms with Crippen LogP contribution in [-0.2, 0) is 13.0 Å². The lowest BCUT2D eigenvalue weighted by Crippen LogP contribution is -2.34. The molecule has 0 amide bonds. The van der Waals surface area contributed by atoms with Crippen molar-refractivity contribution in [1.29, 1.82) is 0 Å². The van der Waals surface area contributed by atoms with E-state index in [1.54, 1.807) is 29.9 Å². The first-order valence-corrected chi connectivity index (χ1v) is 5.95. The Morgan fingerprint density at radius 2 is 2.33 bits per heavy atom. The van der Waals surface area contributed by atoms with E-state index in [9.17, 15) is 9.90 Å². The second kappa shape index (κ2) is 4.10. The van der Waals surface area contributed by atoms with E-state index in [0.29, 0.717) is 36.0 Å². The van der Waals surface area contributed by atoms with E-state index in [0.717, 1.165) is 5.82 Å². The molecule has 0 saturated heterocycles. The number of hydrogen-bond donors (Lipinski definition) is 1. The third-order valence-electron chi connectivity index (χ3n) is 3.34. The molecular formula is C13H14N2O3. The monoisotopic (exact) mass is 246 g/mol. The van der Waals surface area contributed by atoms with Gasteiger partial charge in [-0.25, -0.2) is 4.98 Å². The van der Waals surface area contributed by atoms with Gasteiger partial charge in [-0.05, 0) is 18.6 Å². The molecule has 0 fully saturated rings. The summed E-state index contributed by atoms with van der Waals surface area (Å²) in [5, 5.41) is 10.2. The van der Waals surface area contributed by atoms with Crippen LogP contribution < -0.4 is 10.3 Å². The van der Waals surface area contributed by atoms with Gasteiger partial charge < -0.3 is 9.84 Å². The predicted octanol–water partition coefficient (Wildman–Crippen LogP) is 0.712. The highest BCUT2D eigenvalue weighted by Gasteiger charge is 2.20. The number of para-hydroxylation sites is 1. The topological polar surface area (TPSA) is 64.4 Å². The molecule has 0 bridgehead atoms. The summed E-state index contributed by atoms with van der Waals surface area (Å²) in [7, 11) is 1.57. The average molecular weight is 246 g/mol. The lowest BCUT2D eigenvalue weighted by molar-refractivity contribution is 0.128. The standard InChI is InChI=1S/C13H14N2O3/c1-18-10-4-2-3-9-12(10)14-11-6-5-8(16)7-15(11)13(9)17/h2-4,8,16H,5-7H2,1H3. The minimum atomic E-state index is -0.458. The van der Waals surface area contributed by atoms with Gasteiger partial charge in [0.05, 0.1) is 25.1 Å². The first-order chi connectivity index (χ1) is 8.70. The Morgan fingerprint density at radius 1 is 1.50 bits per heavy atom. The summed E-state index contributed by atoms with van der Waals surface area (Å²) in [5.74, 6) is 1.33. The van der Waals surface area contributed by atoms with Crippen molar-refractivity contribution in [2.45, 2.75) is 25.5 Å². The van der Waals surface area contributed by atoms with Crippen LogP contribution in [0.5, 0.6) is 5.75 Å². The SMILES string of the molecule is COc1cccc2c(=O)n3c(nc12)CCC(O)C3. The van der Waals surface area contributed by atoms with Gasteiger partial charge in [0.1, 0.15) is 17.1 Å². The van der Waals surface area contributed by atoms with Crippen molar-refractivity contribution >= 4 is 10.9 Å². The number of aryl methyl sites for hydroxylation is 1. The van der Waals surface area contributed by atoms with E-state index in [1.165, 1.54) is 0 Å². The number of benzene rings is 1. The van der Waals surface area contributed by atoms with Crippen molar-refractivity contribution < 1.29 is 9.84 Å². The average Bonchev–Trinajstić information content (AvgIpc) is 2.39. The zero-order valence-electron chi connectivity index (χ0n) is 10.1. The van der Waals surface area contributed by atoms with Crippen LogP contribution in [0.4, 0.5) is 0 Å². The van der Waals surface area contributed by atoms with E-state index in [1.807, 2.05) is 0 Å². The van der Waals surface area contributed by atoms with Crippen molar-refractivity contribution in [2.75, 3.05) is 7.11 Å². The fourth-order valence-electron chi connectivity index (χ4n) is 2.40. The molecule has 0 saturated carbocycles. The van der Waals surface area contributed by atoms with Gasteiger partial charge in [0.15, 0.2) is 0 Å². The first-order valence-electron chi connectivity index (χ1n) is 5.95. The van der Waals surface area contributed by atoms with Crippen LogP contribution in [0.1, 0.15) is 12.2 Å². The predicted molar refractivity (Wildman–Crippen MR) is 66.9 cm³/mol. The Morgan fingerprint density at radius 3 is 3.11 bits per heavy atom. The molecule has 18 heavy (non-hydrogen) atoms. The highest BCUT2D eigenvalue weighted by Crippen LogP contribution is 2.23. The Hall–Kier alpha value is -1.88. The van der Waals surface area contributed by atoms with E-state index < -0.39 is 6.10 Å². The maximum Gasteiger partial charge on any atom is 0.261 e. The van der Waals surface area contributed by atoms with Gasteiger partial charge in [-0.15, -0.1) is 0 Å². The number of fused-ring (bicyclic) bond motifs is 2. The number of aliphatic hydroxyl groups is 1. The van der Waals surface area contributed by atoms with Gasteiger partial charge in [-0.1, -0.05) is 6.07 Å². The van der Waals surface area contributed by atoms with E-state index in [-0.39, 0.29) is 5.56 Å². The fourth-order valence-corrected chi connectivity index (χ4v) is 2.40. The van der Waals surface area contributed by atoms with Crippen LogP contribution in [0, 0.1) is 0 Å². The molecule has 0 spiro atoms. The molecule has 1 aromatic carbocycles. The number of methoxy groups -OCH3 is 1. The highest BCUT2D eigenvalue weighted by atomic mass is 16.5. The largest absolute Gasteiger partial charge is 0.494 e. The van der Waals surface area contributed by atoms with E-state index in [4.69, 9.17) is 4.74 Å². The fraction of sp³-hybridized carbons (Fsp3) is 0.385. The maximum atomic E-state index is 12.3. The van der Waals surface area contributed by atoms with Crippen LogP contribution in [0.3, 0.4) is 0 Å². The van der Waals surface area contributed by atoms with Gasteiger partial charge in [0.25, 0.3) is 5.56 Å². The molecule has 3 rings (SSSR count). The molecule has 2 aromatic rings. The summed E-state index contributed by atoms with van der Waals surface area (Å²) < 4.78 is 6.80. The number of ether oxygens (including phenoxy) is 1. The molecule has 94 valence electrons. The number of hydrogen-bond acceptors (Lipinski definition) is 4. The summed E-state index contributed by atoms with van der Waals surface area (Å²) in [4.78, 5) is 16.9. The Bertz CT molecular complexity index is 663. The first kappa shape index (κ1) is 11.2. The van der Waals surface area contributed by atoms with Crippen LogP contribution in [0.25, 0.3) is 10.9 Å². The van der Waals surface area contributed by atoms with Gasteiger partial charge in [-0.3, -0.25) is 9.36 Å². The quantitative estimate of drug-likeness (QED) is 0.805. The normalized spacial score (nSPS) is 18.7. The molecule has 1 aromatic heterocycles. The van der Waals surface area contributed by atoms with Crippen molar-refractivity contribution in [1.82, 2.24) is 9.55 Å². The van der Waals surface area contributed by atoms with Crippen LogP contribution >= 0.6 is 0 Å². The molecule has 2 heterocycles. The Labute approximate surface area is 104 Å². The number of rotatable bonds is 1. The van der Waals surface area contributed by atoms with Crippen LogP contribution in [-0.4, -0.2) is 27.9 Å². The molecule has 1 aliphatic rings. The third-order valence-corrected chi connectivity index (χ3v) is 3.34. The van der Waals surface area contributed by atoms with Crippen molar-refractivity contribution in [3.05, 3.63) is 34.4 Å². The Balaban J connectivity index is 2.34. The van der Waals surface area contributed by atoms with Gasteiger partial charge in [0, 0.05) is 6.42 Å². The molecule has 1 aliphatic heterocycles. The molecule has 5 nitrogen and oxygen atoms in total. The van der Waals surface area contributed by atoms with Gasteiger partial charge >= 0.3 is 0 Å². The lowest BCUT2D eigenvalue weighted by atomic mass is 10.1. The smallest absolute Gasteiger partial charge is 0.261 e. The summed E-state index contributed by atoms with van der Waals surface area (Å²) >= 11 is 0. The summed E-state index contributed by atoms with van der Waals surface area (Å²) in [5.41, 5.74) is 0.500. The second-order valence-corrected chi connectivity index (χ2v) is 4.49. The number of aromatic nitrogens is 2. The van der Waals surface area contributed by atoms with Crippen LogP contribution in [0.15, 0.2) is 23.0 Å². The number of aliphatic hydroxyl groups excluding tert-OH is 1. The van der Waals surface area contributed by atoms with Crippen LogP contribution in [0.2, 0.25) is 0 Å². The number of nitrogens with zero attached hydrogens (tertiary/aromatic N) is 2. The zero-order chi connectivity index (χ0) is 12.7. The molecule has 1 atom stereocenters. The minimum Gasteiger partial charge on any atom is -0.494 e. The van der Waals surface area contributed by atoms with Crippen molar-refractivity contribution in [2.24, 2.45) is 0 Å². The molecule has 0 aliphatic carbocycles.